The van der Waals surface area contributed by atoms with Crippen molar-refractivity contribution in [2.24, 2.45) is 33.6 Å². The van der Waals surface area contributed by atoms with Crippen LogP contribution >= 0.6 is 27.3 Å². The van der Waals surface area contributed by atoms with Crippen LogP contribution in [0.5, 0.6) is 0 Å². The van der Waals surface area contributed by atoms with Crippen molar-refractivity contribution in [3.8, 4) is 0 Å². The molecule has 2 bridgehead atoms. The normalized spacial score (nSPS) is 41.1. The molecule has 0 aromatic carbocycles. The number of esters is 1. The number of amidine groups is 1. The first kappa shape index (κ1) is 42.0. The number of carbonyl (C=O) groups excluding carboxylic acids is 2. The van der Waals surface area contributed by atoms with Crippen LogP contribution in [0.3, 0.4) is 0 Å². The smallest absolute Gasteiger partial charge is 0.311 e. The topological polar surface area (TPSA) is 173 Å². The van der Waals surface area contributed by atoms with Gasteiger partial charge in [0.15, 0.2) is 18.5 Å². The van der Waals surface area contributed by atoms with E-state index >= 15 is 0 Å². The Bertz CT molecular complexity index is 1510. The maximum Gasteiger partial charge on any atom is 0.311 e. The molecule has 16 heteroatoms. The first-order chi connectivity index (χ1) is 24.9. The van der Waals surface area contributed by atoms with Crippen LogP contribution in [0.2, 0.25) is 0 Å². The zero-order chi connectivity index (χ0) is 38.8. The van der Waals surface area contributed by atoms with E-state index in [1.54, 1.807) is 25.2 Å². The highest BCUT2D eigenvalue weighted by atomic mass is 79.9. The minimum Gasteiger partial charge on any atom is -0.458 e. The number of halogens is 1. The molecule has 4 aliphatic heterocycles. The quantitative estimate of drug-likeness (QED) is 0.293. The lowest BCUT2D eigenvalue weighted by molar-refractivity contribution is -0.294. The summed E-state index contributed by atoms with van der Waals surface area (Å²) in [6.45, 7) is 13.2. The second kappa shape index (κ2) is 17.3. The molecule has 0 spiro atoms. The summed E-state index contributed by atoms with van der Waals surface area (Å²) in [6.07, 6.45) is -3.19. The minimum absolute atomic E-state index is 0.00247. The van der Waals surface area contributed by atoms with E-state index in [2.05, 4.69) is 26.1 Å². The summed E-state index contributed by atoms with van der Waals surface area (Å²) in [4.78, 5) is 41.8. The van der Waals surface area contributed by atoms with Crippen LogP contribution in [-0.2, 0) is 49.5 Å². The first-order valence-corrected chi connectivity index (χ1v) is 20.2. The molecule has 3 fully saturated rings. The van der Waals surface area contributed by atoms with Crippen LogP contribution in [0.1, 0.15) is 79.0 Å². The summed E-state index contributed by atoms with van der Waals surface area (Å²) in [5, 5.41) is 16.0. The third-order valence-corrected chi connectivity index (χ3v) is 12.9. The summed E-state index contributed by atoms with van der Waals surface area (Å²) < 4.78 is 39.6. The molecule has 5 rings (SSSR count). The lowest BCUT2D eigenvalue weighted by Gasteiger charge is -2.46. The van der Waals surface area contributed by atoms with Gasteiger partial charge in [0, 0.05) is 29.2 Å². The number of Topliss-reactive ketones (excluding diaryl/α,β-unsaturated/α-hetero) is 1. The molecule has 53 heavy (non-hydrogen) atoms. The molecule has 5 heterocycles. The van der Waals surface area contributed by atoms with Gasteiger partial charge < -0.3 is 49.0 Å². The number of aliphatic hydroxyl groups excluding tert-OH is 1. The van der Waals surface area contributed by atoms with Crippen molar-refractivity contribution in [1.82, 2.24) is 4.90 Å². The van der Waals surface area contributed by atoms with E-state index < -0.39 is 71.7 Å². The standard InChI is InChI=1S/C37H57BrN4O10S/c1-10-27-37(7)32(40-35(39)52-37)22(5)30(43)19(2)15-36(6)28(51-34-31(44)25(42(8)9)13-20(3)49-34)14-26(21(4)33(45)50-27)46-16-23(17-47-36)41-48-18-24-11-12-29(38)53-24/h11-12,19-22,25-28,31-32,34,44H,10,13-18H2,1-9H3,(H2,39,40)/b41-23+/t19-,20-,21-,22+,25+,26-,27-,28-,31-,32?,34?,36+,37?/m1/s1. The maximum atomic E-state index is 14.4. The predicted molar refractivity (Wildman–Crippen MR) is 202 cm³/mol. The number of carbonyl (C=O) groups is 2. The van der Waals surface area contributed by atoms with E-state index in [1.165, 1.54) is 0 Å². The minimum atomic E-state index is -1.17. The zero-order valence-corrected chi connectivity index (χ0v) is 34.7. The Hall–Kier alpha value is -2.18. The molecular formula is C37H57BrN4O10S. The van der Waals surface area contributed by atoms with E-state index in [0.717, 1.165) is 8.66 Å². The number of ether oxygens (including phenoxy) is 6. The highest BCUT2D eigenvalue weighted by Crippen LogP contribution is 2.41. The number of hydrogen-bond donors (Lipinski definition) is 2. The molecule has 0 amide bonds. The van der Waals surface area contributed by atoms with Crippen molar-refractivity contribution in [3.63, 3.8) is 0 Å². The Kier molecular flexibility index (Phi) is 13.7. The Balaban J connectivity index is 1.56. The Morgan fingerprint density at radius 3 is 2.53 bits per heavy atom. The lowest BCUT2D eigenvalue weighted by Crippen LogP contribution is -2.58. The van der Waals surface area contributed by atoms with Crippen molar-refractivity contribution in [3.05, 3.63) is 20.8 Å². The molecule has 3 saturated heterocycles. The molecule has 3 unspecified atom stereocenters. The highest BCUT2D eigenvalue weighted by molar-refractivity contribution is 9.11. The zero-order valence-electron chi connectivity index (χ0n) is 32.3. The largest absolute Gasteiger partial charge is 0.458 e. The Morgan fingerprint density at radius 2 is 1.87 bits per heavy atom. The third kappa shape index (κ3) is 9.45. The van der Waals surface area contributed by atoms with Crippen molar-refractivity contribution in [2.45, 2.75) is 141 Å². The van der Waals surface area contributed by atoms with Gasteiger partial charge in [0.25, 0.3) is 6.02 Å². The fourth-order valence-electron chi connectivity index (χ4n) is 8.10. The fraction of sp³-hybridized carbons (Fsp3) is 0.784. The maximum absolute atomic E-state index is 14.4. The van der Waals surface area contributed by atoms with E-state index in [0.29, 0.717) is 18.6 Å². The average Bonchev–Trinajstić information content (AvgIpc) is 3.68. The number of thiophene rings is 1. The van der Waals surface area contributed by atoms with Gasteiger partial charge in [0.1, 0.15) is 29.7 Å². The van der Waals surface area contributed by atoms with E-state index in [1.807, 2.05) is 65.7 Å². The number of likely N-dealkylation sites (N-methyl/N-ethyl adjacent to an activating group) is 1. The van der Waals surface area contributed by atoms with Gasteiger partial charge in [-0.05, 0) is 89.1 Å². The third-order valence-electron chi connectivity index (χ3n) is 11.3. The van der Waals surface area contributed by atoms with Crippen molar-refractivity contribution in [2.75, 3.05) is 27.3 Å². The second-order valence-corrected chi connectivity index (χ2v) is 18.2. The molecule has 3 N–H and O–H groups in total. The number of hydrogen-bond acceptors (Lipinski definition) is 15. The lowest BCUT2D eigenvalue weighted by atomic mass is 9.75. The monoisotopic (exact) mass is 828 g/mol. The number of aliphatic imine (C=N–C) groups is 1. The number of cyclic esters (lactones) is 1. The van der Waals surface area contributed by atoms with Crippen LogP contribution < -0.4 is 5.73 Å². The predicted octanol–water partition coefficient (Wildman–Crippen LogP) is 4.43. The van der Waals surface area contributed by atoms with E-state index in [9.17, 15) is 14.7 Å². The van der Waals surface area contributed by atoms with Crippen LogP contribution in [0, 0.1) is 17.8 Å². The summed E-state index contributed by atoms with van der Waals surface area (Å²) in [5.74, 6) is -2.59. The number of rotatable bonds is 7. The average molecular weight is 830 g/mol. The van der Waals surface area contributed by atoms with Crippen LogP contribution in [0.15, 0.2) is 26.1 Å². The van der Waals surface area contributed by atoms with Gasteiger partial charge in [-0.3, -0.25) is 9.59 Å². The molecule has 4 aliphatic rings. The molecule has 298 valence electrons. The van der Waals surface area contributed by atoms with Crippen molar-refractivity contribution >= 4 is 50.8 Å². The second-order valence-electron chi connectivity index (χ2n) is 15.6. The molecule has 0 saturated carbocycles. The molecule has 0 radical (unpaired) electrons. The summed E-state index contributed by atoms with van der Waals surface area (Å²) >= 11 is 5.02. The van der Waals surface area contributed by atoms with Gasteiger partial charge in [0.2, 0.25) is 0 Å². The molecule has 0 aliphatic carbocycles. The number of nitrogens with zero attached hydrogens (tertiary/aromatic N) is 3. The van der Waals surface area contributed by atoms with Gasteiger partial charge in [-0.25, -0.2) is 4.99 Å². The summed E-state index contributed by atoms with van der Waals surface area (Å²) in [6, 6.07) is 2.91. The number of nitrogens with two attached hydrogens (primary N) is 1. The number of oxime groups is 1. The van der Waals surface area contributed by atoms with Gasteiger partial charge in [0.05, 0.1) is 46.8 Å². The van der Waals surface area contributed by atoms with Crippen LogP contribution in [0.25, 0.3) is 0 Å². The SMILES string of the molecule is CC[C@H]1OC(=O)[C@H](C)[C@H]2C[C@@H](OC3O[C@H](C)C[C@H](N(C)C)[C@H]3O)[C@](C)(C[C@@H](C)C(=O)[C@H](C)C3N=C(N)OC31C)OC/C(=N/OCc1ccc(Br)s1)CO2. The molecule has 14 nitrogen and oxygen atoms in total. The molecular weight excluding hydrogens is 772 g/mol. The number of ketones is 1. The molecule has 1 aromatic rings. The van der Waals surface area contributed by atoms with E-state index in [4.69, 9.17) is 39.0 Å². The Morgan fingerprint density at radius 1 is 1.13 bits per heavy atom. The number of fused-ring (bicyclic) bond motifs is 4. The highest BCUT2D eigenvalue weighted by Gasteiger charge is 2.55. The van der Waals surface area contributed by atoms with Gasteiger partial charge >= 0.3 is 5.97 Å². The van der Waals surface area contributed by atoms with E-state index in [-0.39, 0.29) is 56.6 Å². The van der Waals surface area contributed by atoms with Gasteiger partial charge in [-0.2, -0.15) is 0 Å². The number of aliphatic hydroxyl groups is 1. The van der Waals surface area contributed by atoms with Crippen LogP contribution in [-0.4, -0.2) is 121 Å². The van der Waals surface area contributed by atoms with Gasteiger partial charge in [-0.15, -0.1) is 11.3 Å². The Labute approximate surface area is 325 Å². The first-order valence-electron chi connectivity index (χ1n) is 18.5. The van der Waals surface area contributed by atoms with Crippen molar-refractivity contribution in [1.29, 1.82) is 0 Å². The van der Waals surface area contributed by atoms with Crippen LogP contribution in [0.4, 0.5) is 0 Å². The fourth-order valence-corrected chi connectivity index (χ4v) is 9.49. The molecule has 13 atom stereocenters. The summed E-state index contributed by atoms with van der Waals surface area (Å²) in [7, 11) is 3.82. The molecule has 1 aromatic heterocycles. The van der Waals surface area contributed by atoms with Crippen molar-refractivity contribution < 1.29 is 48.0 Å². The summed E-state index contributed by atoms with van der Waals surface area (Å²) in [5.41, 5.74) is 4.24. The van der Waals surface area contributed by atoms with Gasteiger partial charge in [-0.1, -0.05) is 25.9 Å².